The largest absolute Gasteiger partial charge is 0.496 e. The smallest absolute Gasteiger partial charge is 0.337 e. The van der Waals surface area contributed by atoms with Gasteiger partial charge in [0, 0.05) is 35.8 Å². The fraction of sp³-hybridized carbons (Fsp3) is 0.350. The van der Waals surface area contributed by atoms with E-state index < -0.39 is 0 Å². The summed E-state index contributed by atoms with van der Waals surface area (Å²) in [6.45, 7) is 10.2. The van der Waals surface area contributed by atoms with Crippen LogP contribution in [0.5, 0.6) is 11.5 Å². The number of nitrogens with zero attached hydrogens (tertiary/aromatic N) is 2. The lowest BCUT2D eigenvalue weighted by Crippen LogP contribution is -2.52. The molecule has 47 heavy (non-hydrogen) atoms. The van der Waals surface area contributed by atoms with Crippen molar-refractivity contribution in [3.05, 3.63) is 112 Å². The third-order valence-electron chi connectivity index (χ3n) is 10.5. The highest BCUT2D eigenvalue weighted by Gasteiger charge is 2.56. The number of anilines is 1. The molecule has 7 rings (SSSR count). The van der Waals surface area contributed by atoms with Crippen LogP contribution in [0.3, 0.4) is 0 Å². The van der Waals surface area contributed by atoms with Crippen molar-refractivity contribution in [1.29, 1.82) is 0 Å². The number of ether oxygens (including phenoxy) is 3. The molecule has 3 aliphatic carbocycles. The van der Waals surface area contributed by atoms with Crippen molar-refractivity contribution in [3.8, 4) is 11.5 Å². The quantitative estimate of drug-likeness (QED) is 0.160. The van der Waals surface area contributed by atoms with Gasteiger partial charge in [-0.25, -0.2) is 4.79 Å². The van der Waals surface area contributed by atoms with Crippen LogP contribution in [0.1, 0.15) is 76.1 Å². The lowest BCUT2D eigenvalue weighted by atomic mass is 9.44. The van der Waals surface area contributed by atoms with Crippen LogP contribution in [-0.4, -0.2) is 57.2 Å². The van der Waals surface area contributed by atoms with Gasteiger partial charge in [0.1, 0.15) is 11.5 Å². The molecule has 2 fully saturated rings. The first-order valence-electron chi connectivity index (χ1n) is 16.4. The highest BCUT2D eigenvalue weighted by molar-refractivity contribution is 5.95. The maximum atomic E-state index is 14.5. The average molecular weight is 633 g/mol. The maximum Gasteiger partial charge on any atom is 0.337 e. The lowest BCUT2D eigenvalue weighted by Gasteiger charge is -2.59. The van der Waals surface area contributed by atoms with Crippen molar-refractivity contribution in [2.24, 2.45) is 5.92 Å². The highest BCUT2D eigenvalue weighted by atomic mass is 16.5. The molecule has 244 valence electrons. The van der Waals surface area contributed by atoms with Crippen LogP contribution < -0.4 is 14.4 Å². The minimum Gasteiger partial charge on any atom is -0.496 e. The molecule has 1 saturated heterocycles. The second-order valence-corrected chi connectivity index (χ2v) is 12.8. The summed E-state index contributed by atoms with van der Waals surface area (Å²) < 4.78 is 16.9. The molecule has 0 N–H and O–H groups in total. The molecule has 1 saturated carbocycles. The number of esters is 1. The Bertz CT molecular complexity index is 1720. The van der Waals surface area contributed by atoms with Crippen molar-refractivity contribution >= 4 is 29.7 Å². The number of amides is 1. The summed E-state index contributed by atoms with van der Waals surface area (Å²) in [6.07, 6.45) is 10.8. The van der Waals surface area contributed by atoms with Crippen LogP contribution in [0.25, 0.3) is 12.2 Å². The molecule has 1 aliphatic heterocycles. The van der Waals surface area contributed by atoms with Gasteiger partial charge in [0.25, 0.3) is 5.91 Å². The van der Waals surface area contributed by atoms with Gasteiger partial charge in [-0.3, -0.25) is 4.79 Å². The third kappa shape index (κ3) is 5.73. The average Bonchev–Trinajstić information content (AvgIpc) is 3.09. The number of hydrogen-bond acceptors (Lipinski definition) is 6. The number of carbonyl (C=O) groups is 2. The van der Waals surface area contributed by atoms with Crippen molar-refractivity contribution in [2.75, 3.05) is 39.3 Å². The molecule has 0 radical (unpaired) electrons. The number of methoxy groups -OCH3 is 3. The van der Waals surface area contributed by atoms with Crippen molar-refractivity contribution in [2.45, 2.75) is 51.1 Å². The van der Waals surface area contributed by atoms with Crippen LogP contribution >= 0.6 is 0 Å². The minimum atomic E-state index is -0.350. The number of allylic oxidation sites excluding steroid dienone is 3. The van der Waals surface area contributed by atoms with E-state index in [-0.39, 0.29) is 23.3 Å². The normalized spacial score (nSPS) is 20.1. The first kappa shape index (κ1) is 32.2. The summed E-state index contributed by atoms with van der Waals surface area (Å²) in [4.78, 5) is 30.8. The molecule has 2 bridgehead atoms. The first-order chi connectivity index (χ1) is 22.8. The molecule has 7 heteroatoms. The zero-order chi connectivity index (χ0) is 33.3. The Morgan fingerprint density at radius 2 is 1.60 bits per heavy atom. The molecular weight excluding hydrogens is 588 g/mol. The summed E-state index contributed by atoms with van der Waals surface area (Å²) in [5.41, 5.74) is 7.78. The van der Waals surface area contributed by atoms with Crippen LogP contribution in [0.15, 0.2) is 78.9 Å². The number of carbonyl (C=O) groups excluding carboxylic acids is 2. The van der Waals surface area contributed by atoms with Crippen LogP contribution in [0.4, 0.5) is 5.69 Å². The Labute approximate surface area is 278 Å². The Kier molecular flexibility index (Phi) is 9.00. The fourth-order valence-corrected chi connectivity index (χ4v) is 7.42. The molecule has 2 atom stereocenters. The van der Waals surface area contributed by atoms with E-state index in [4.69, 9.17) is 14.2 Å². The molecule has 0 unspecified atom stereocenters. The van der Waals surface area contributed by atoms with E-state index in [1.54, 1.807) is 32.4 Å². The lowest BCUT2D eigenvalue weighted by molar-refractivity contribution is 0.0599. The van der Waals surface area contributed by atoms with Gasteiger partial charge in [0.05, 0.1) is 39.0 Å². The Balaban J connectivity index is 1.31. The van der Waals surface area contributed by atoms with Gasteiger partial charge in [-0.15, -0.1) is 0 Å². The molecule has 0 aromatic heterocycles. The number of rotatable bonds is 11. The van der Waals surface area contributed by atoms with Crippen molar-refractivity contribution in [3.63, 3.8) is 0 Å². The molecule has 7 nitrogen and oxygen atoms in total. The predicted octanol–water partition coefficient (Wildman–Crippen LogP) is 7.70. The maximum absolute atomic E-state index is 14.5. The summed E-state index contributed by atoms with van der Waals surface area (Å²) in [5, 5.41) is 0. The summed E-state index contributed by atoms with van der Waals surface area (Å²) in [6, 6.07) is 17.6. The zero-order valence-corrected chi connectivity index (χ0v) is 28.0. The molecule has 1 heterocycles. The fourth-order valence-electron chi connectivity index (χ4n) is 7.42. The predicted molar refractivity (Wildman–Crippen MR) is 187 cm³/mol. The van der Waals surface area contributed by atoms with Crippen LogP contribution in [-0.2, 0) is 16.7 Å². The first-order valence-corrected chi connectivity index (χ1v) is 16.4. The van der Waals surface area contributed by atoms with E-state index in [0.29, 0.717) is 23.6 Å². The van der Waals surface area contributed by atoms with Gasteiger partial charge in [-0.1, -0.05) is 49.4 Å². The Morgan fingerprint density at radius 3 is 2.11 bits per heavy atom. The SMILES string of the molecule is C=Cc1cc(C(=O)N(Cc2c(OC)cc([C@]34C=C(C3)[C@@H]4C)cc2OC)C2CCN(c3ccc(C(=O)OC)cc3)CC2)ccc1/C=C\C. The summed E-state index contributed by atoms with van der Waals surface area (Å²) in [7, 11) is 4.77. The van der Waals surface area contributed by atoms with E-state index in [2.05, 4.69) is 36.6 Å². The van der Waals surface area contributed by atoms with E-state index in [0.717, 1.165) is 66.2 Å². The molecule has 3 aromatic carbocycles. The van der Waals surface area contributed by atoms with Gasteiger partial charge in [-0.2, -0.15) is 0 Å². The summed E-state index contributed by atoms with van der Waals surface area (Å²) in [5.74, 6) is 1.63. The van der Waals surface area contributed by atoms with Gasteiger partial charge in [0.2, 0.25) is 0 Å². The van der Waals surface area contributed by atoms with Crippen LogP contribution in [0.2, 0.25) is 0 Å². The number of hydrogen-bond donors (Lipinski definition) is 0. The monoisotopic (exact) mass is 632 g/mol. The molecular formula is C40H44N2O5. The summed E-state index contributed by atoms with van der Waals surface area (Å²) >= 11 is 0. The van der Waals surface area contributed by atoms with Gasteiger partial charge in [0.15, 0.2) is 0 Å². The van der Waals surface area contributed by atoms with E-state index in [1.807, 2.05) is 54.3 Å². The van der Waals surface area contributed by atoms with E-state index in [1.165, 1.54) is 18.2 Å². The molecule has 3 aromatic rings. The minimum absolute atomic E-state index is 0.00746. The van der Waals surface area contributed by atoms with Crippen molar-refractivity contribution < 1.29 is 23.8 Å². The second-order valence-electron chi connectivity index (χ2n) is 12.8. The molecule has 1 amide bonds. The Hall–Kier alpha value is -4.78. The number of piperidine rings is 1. The van der Waals surface area contributed by atoms with E-state index >= 15 is 0 Å². The molecule has 4 aliphatic rings. The third-order valence-corrected chi connectivity index (χ3v) is 10.5. The standard InChI is InChI=1S/C40H44N2O5/c1-7-9-28-10-11-30(20-27(28)8-2)38(43)42(34-16-18-41(19-17-34)33-14-12-29(13-15-33)39(44)47-6)25-35-36(45-4)21-32(22-37(35)46-5)40-23-31(24-40)26(40)3/h7-15,20-23,26,34H,2,16-19,24-25H2,1,3-6H3/b9-7-/t26-,40+/m0/s1. The van der Waals surface area contributed by atoms with Crippen LogP contribution in [0, 0.1) is 5.92 Å². The van der Waals surface area contributed by atoms with Gasteiger partial charge in [-0.05, 0) is 97.3 Å². The van der Waals surface area contributed by atoms with Crippen molar-refractivity contribution in [1.82, 2.24) is 4.90 Å². The Morgan fingerprint density at radius 1 is 0.957 bits per heavy atom. The molecule has 0 spiro atoms. The topological polar surface area (TPSA) is 68.3 Å². The highest BCUT2D eigenvalue weighted by Crippen LogP contribution is 2.64. The zero-order valence-electron chi connectivity index (χ0n) is 28.0. The van der Waals surface area contributed by atoms with Gasteiger partial charge >= 0.3 is 5.97 Å². The van der Waals surface area contributed by atoms with E-state index in [9.17, 15) is 9.59 Å². The van der Waals surface area contributed by atoms with Gasteiger partial charge < -0.3 is 24.0 Å². The number of benzene rings is 3. The second kappa shape index (κ2) is 13.1.